The third-order valence-corrected chi connectivity index (χ3v) is 8.81. The molecular formula is C32H34N2O2S. The van der Waals surface area contributed by atoms with E-state index in [9.17, 15) is 8.42 Å². The summed E-state index contributed by atoms with van der Waals surface area (Å²) in [5.41, 5.74) is 5.21. The Hall–Kier alpha value is -3.25. The van der Waals surface area contributed by atoms with Gasteiger partial charge in [0.2, 0.25) is 10.0 Å². The Bertz CT molecular complexity index is 1350. The number of rotatable bonds is 9. The molecule has 0 aromatic heterocycles. The summed E-state index contributed by atoms with van der Waals surface area (Å²) >= 11 is 0. The van der Waals surface area contributed by atoms with E-state index in [0.29, 0.717) is 6.04 Å². The van der Waals surface area contributed by atoms with Crippen LogP contribution in [0.5, 0.6) is 0 Å². The van der Waals surface area contributed by atoms with Crippen LogP contribution in [0.25, 0.3) is 11.1 Å². The molecule has 1 saturated heterocycles. The molecule has 4 nitrogen and oxygen atoms in total. The second kappa shape index (κ2) is 11.4. The van der Waals surface area contributed by atoms with Crippen LogP contribution in [0, 0.1) is 0 Å². The molecule has 0 saturated carbocycles. The molecule has 1 heterocycles. The maximum Gasteiger partial charge on any atom is 0.241 e. The first-order chi connectivity index (χ1) is 18.0. The van der Waals surface area contributed by atoms with Crippen LogP contribution in [0.4, 0.5) is 0 Å². The topological polar surface area (TPSA) is 49.4 Å². The van der Waals surface area contributed by atoms with Crippen LogP contribution < -0.4 is 4.72 Å². The molecule has 5 rings (SSSR count). The molecule has 190 valence electrons. The van der Waals surface area contributed by atoms with Crippen molar-refractivity contribution in [3.8, 4) is 11.1 Å². The van der Waals surface area contributed by atoms with Gasteiger partial charge in [-0.25, -0.2) is 8.42 Å². The minimum Gasteiger partial charge on any atom is -0.300 e. The van der Waals surface area contributed by atoms with E-state index in [1.807, 2.05) is 72.8 Å². The summed E-state index contributed by atoms with van der Waals surface area (Å²) in [5.74, 6) is 0. The average molecular weight is 511 g/mol. The van der Waals surface area contributed by atoms with E-state index < -0.39 is 16.1 Å². The quantitative estimate of drug-likeness (QED) is 0.282. The third-order valence-electron chi connectivity index (χ3n) is 7.37. The van der Waals surface area contributed by atoms with Crippen molar-refractivity contribution in [3.63, 3.8) is 0 Å². The van der Waals surface area contributed by atoms with Crippen molar-refractivity contribution in [2.24, 2.45) is 0 Å². The summed E-state index contributed by atoms with van der Waals surface area (Å²) in [6.45, 7) is 4.63. The van der Waals surface area contributed by atoms with E-state index >= 15 is 0 Å². The van der Waals surface area contributed by atoms with Crippen molar-refractivity contribution in [2.75, 3.05) is 13.1 Å². The number of likely N-dealkylation sites (tertiary alicyclic amines) is 1. The molecule has 37 heavy (non-hydrogen) atoms. The highest BCUT2D eigenvalue weighted by atomic mass is 32.2. The zero-order valence-corrected chi connectivity index (χ0v) is 22.1. The van der Waals surface area contributed by atoms with Crippen LogP contribution in [-0.4, -0.2) is 32.4 Å². The van der Waals surface area contributed by atoms with Crippen LogP contribution in [0.2, 0.25) is 0 Å². The lowest BCUT2D eigenvalue weighted by atomic mass is 10.00. The summed E-state index contributed by atoms with van der Waals surface area (Å²) in [7, 11) is -3.74. The van der Waals surface area contributed by atoms with Gasteiger partial charge in [0.05, 0.1) is 10.9 Å². The van der Waals surface area contributed by atoms with Gasteiger partial charge in [-0.1, -0.05) is 97.1 Å². The Morgan fingerprint density at radius 1 is 0.784 bits per heavy atom. The summed E-state index contributed by atoms with van der Waals surface area (Å²) in [6.07, 6.45) is 3.66. The largest absolute Gasteiger partial charge is 0.300 e. The van der Waals surface area contributed by atoms with Crippen molar-refractivity contribution >= 4 is 10.0 Å². The number of benzene rings is 4. The Balaban J connectivity index is 1.29. The lowest BCUT2D eigenvalue weighted by Gasteiger charge is -2.20. The zero-order chi connectivity index (χ0) is 25.7. The third kappa shape index (κ3) is 6.19. The van der Waals surface area contributed by atoms with Gasteiger partial charge in [0, 0.05) is 12.6 Å². The molecule has 0 amide bonds. The number of nitrogens with zero attached hydrogens (tertiary/aromatic N) is 1. The fraction of sp³-hybridized carbons (Fsp3) is 0.250. The standard InChI is InChI=1S/C32H34N2O2S/c1-25-9-8-23-34(25)24-22-26-14-16-27(17-15-26)28-18-20-31(21-19-28)37(35,36)33-32(29-10-4-2-5-11-29)30-12-6-3-7-13-30/h2-7,10-21,25,32-33H,8-9,22-24H2,1H3/t25-/m1/s1. The van der Waals surface area contributed by atoms with Gasteiger partial charge >= 0.3 is 0 Å². The maximum absolute atomic E-state index is 13.4. The average Bonchev–Trinajstić information content (AvgIpc) is 3.36. The first-order valence-corrected chi connectivity index (χ1v) is 14.5. The first kappa shape index (κ1) is 25.4. The smallest absolute Gasteiger partial charge is 0.241 e. The van der Waals surface area contributed by atoms with Crippen LogP contribution in [0.3, 0.4) is 0 Å². The second-order valence-electron chi connectivity index (χ2n) is 9.87. The molecule has 1 fully saturated rings. The Labute approximate surface area is 221 Å². The van der Waals surface area contributed by atoms with Crippen molar-refractivity contribution in [2.45, 2.75) is 43.2 Å². The number of nitrogens with one attached hydrogen (secondary N) is 1. The minimum absolute atomic E-state index is 0.254. The monoisotopic (exact) mass is 510 g/mol. The van der Waals surface area contributed by atoms with Crippen molar-refractivity contribution < 1.29 is 8.42 Å². The van der Waals surface area contributed by atoms with Gasteiger partial charge in [0.15, 0.2) is 0 Å². The first-order valence-electron chi connectivity index (χ1n) is 13.1. The van der Waals surface area contributed by atoms with E-state index in [1.54, 1.807) is 12.1 Å². The Morgan fingerprint density at radius 3 is 1.84 bits per heavy atom. The van der Waals surface area contributed by atoms with Crippen molar-refractivity contribution in [1.82, 2.24) is 9.62 Å². The molecule has 0 aliphatic carbocycles. The number of hydrogen-bond donors (Lipinski definition) is 1. The molecule has 1 aliphatic rings. The molecule has 1 atom stereocenters. The fourth-order valence-electron chi connectivity index (χ4n) is 5.13. The predicted molar refractivity (Wildman–Crippen MR) is 151 cm³/mol. The molecule has 0 spiro atoms. The van der Waals surface area contributed by atoms with E-state index in [2.05, 4.69) is 40.8 Å². The van der Waals surface area contributed by atoms with E-state index in [1.165, 1.54) is 24.9 Å². The normalized spacial score (nSPS) is 16.3. The van der Waals surface area contributed by atoms with E-state index in [4.69, 9.17) is 0 Å². The Kier molecular flexibility index (Phi) is 7.85. The lowest BCUT2D eigenvalue weighted by Crippen LogP contribution is -2.29. The van der Waals surface area contributed by atoms with Crippen molar-refractivity contribution in [3.05, 3.63) is 126 Å². The van der Waals surface area contributed by atoms with Gasteiger partial charge in [-0.2, -0.15) is 4.72 Å². The lowest BCUT2D eigenvalue weighted by molar-refractivity contribution is 0.272. The highest BCUT2D eigenvalue weighted by Crippen LogP contribution is 2.26. The van der Waals surface area contributed by atoms with E-state index in [0.717, 1.165) is 35.2 Å². The highest BCUT2D eigenvalue weighted by molar-refractivity contribution is 7.89. The van der Waals surface area contributed by atoms with Gasteiger partial charge in [0.1, 0.15) is 0 Å². The van der Waals surface area contributed by atoms with E-state index in [-0.39, 0.29) is 4.90 Å². The summed E-state index contributed by atoms with van der Waals surface area (Å²) in [5, 5.41) is 0. The predicted octanol–water partition coefficient (Wildman–Crippen LogP) is 6.45. The molecule has 0 radical (unpaired) electrons. The van der Waals surface area contributed by atoms with Crippen LogP contribution >= 0.6 is 0 Å². The van der Waals surface area contributed by atoms with Gasteiger partial charge < -0.3 is 4.90 Å². The summed E-state index contributed by atoms with van der Waals surface area (Å²) in [4.78, 5) is 2.82. The van der Waals surface area contributed by atoms with Crippen LogP contribution in [0.15, 0.2) is 114 Å². The van der Waals surface area contributed by atoms with Crippen LogP contribution in [-0.2, 0) is 16.4 Å². The summed E-state index contributed by atoms with van der Waals surface area (Å²) < 4.78 is 29.7. The minimum atomic E-state index is -3.74. The highest BCUT2D eigenvalue weighted by Gasteiger charge is 2.23. The number of sulfonamides is 1. The molecule has 4 aromatic rings. The molecule has 0 bridgehead atoms. The van der Waals surface area contributed by atoms with Gasteiger partial charge in [-0.05, 0) is 72.7 Å². The summed E-state index contributed by atoms with van der Waals surface area (Å²) in [6, 6.07) is 35.3. The molecule has 1 N–H and O–H groups in total. The Morgan fingerprint density at radius 2 is 1.32 bits per heavy atom. The van der Waals surface area contributed by atoms with Crippen LogP contribution in [0.1, 0.15) is 42.5 Å². The SMILES string of the molecule is C[C@@H]1CCCN1CCc1ccc(-c2ccc(S(=O)(=O)NC(c3ccccc3)c3ccccc3)cc2)cc1. The van der Waals surface area contributed by atoms with Crippen molar-refractivity contribution in [1.29, 1.82) is 0 Å². The fourth-order valence-corrected chi connectivity index (χ4v) is 6.34. The maximum atomic E-state index is 13.4. The molecule has 5 heteroatoms. The number of hydrogen-bond acceptors (Lipinski definition) is 3. The molecule has 0 unspecified atom stereocenters. The molecular weight excluding hydrogens is 476 g/mol. The van der Waals surface area contributed by atoms with Gasteiger partial charge in [-0.15, -0.1) is 0 Å². The van der Waals surface area contributed by atoms with Gasteiger partial charge in [-0.3, -0.25) is 0 Å². The second-order valence-corrected chi connectivity index (χ2v) is 11.6. The molecule has 4 aromatic carbocycles. The zero-order valence-electron chi connectivity index (χ0n) is 21.3. The molecule has 1 aliphatic heterocycles. The van der Waals surface area contributed by atoms with Gasteiger partial charge in [0.25, 0.3) is 0 Å².